The molecule has 1 aliphatic rings. The number of hydrogen-bond donors (Lipinski definition) is 1. The maximum Gasteiger partial charge on any atom is 0.411 e. The molecule has 0 radical (unpaired) electrons. The lowest BCUT2D eigenvalue weighted by atomic mass is 10.2. The fourth-order valence-electron chi connectivity index (χ4n) is 2.79. The second-order valence-corrected chi connectivity index (χ2v) is 6.84. The zero-order valence-corrected chi connectivity index (χ0v) is 15.6. The quantitative estimate of drug-likeness (QED) is 0.774. The first kappa shape index (κ1) is 20.4. The van der Waals surface area contributed by atoms with Crippen molar-refractivity contribution >= 4 is 23.5 Å². The number of carbonyl (C=O) groups is 1. The second kappa shape index (κ2) is 8.36. The average Bonchev–Trinajstić information content (AvgIpc) is 3.29. The molecule has 1 aromatic heterocycles. The maximum absolute atomic E-state index is 12.5. The minimum Gasteiger partial charge on any atom is -0.403 e. The van der Waals surface area contributed by atoms with Crippen molar-refractivity contribution < 1.29 is 27.1 Å². The normalized spacial score (nSPS) is 18.3. The lowest BCUT2D eigenvalue weighted by Crippen LogP contribution is -2.40. The van der Waals surface area contributed by atoms with Crippen LogP contribution in [0.5, 0.6) is 0 Å². The molecule has 3 rings (SSSR count). The van der Waals surface area contributed by atoms with Gasteiger partial charge in [-0.3, -0.25) is 4.79 Å². The zero-order chi connectivity index (χ0) is 20.3. The number of carbonyl (C=O) groups excluding carboxylic acids is 1. The minimum atomic E-state index is -4.38. The minimum absolute atomic E-state index is 0.0647. The highest BCUT2D eigenvalue weighted by Gasteiger charge is 2.34. The van der Waals surface area contributed by atoms with Gasteiger partial charge in [-0.2, -0.15) is 13.2 Å². The van der Waals surface area contributed by atoms with Gasteiger partial charge in [0.15, 0.2) is 0 Å². The van der Waals surface area contributed by atoms with Crippen molar-refractivity contribution in [2.45, 2.75) is 31.7 Å². The first-order valence-electron chi connectivity index (χ1n) is 8.54. The molecular formula is C17H18ClF3N4O3. The fourth-order valence-corrected chi connectivity index (χ4v) is 2.91. The van der Waals surface area contributed by atoms with Crippen LogP contribution in [0.25, 0.3) is 11.5 Å². The standard InChI is InChI=1S/C17H18ClF3N4O3/c1-10(15(26)25-7-6-13(8-25)27-9-17(19,20)21)22-16-24-23-14(28-16)11-2-4-12(18)5-3-11/h2-5,10,13H,6-9H2,1H3,(H,22,24)/t10-,13+/m1/s1. The number of rotatable bonds is 6. The van der Waals surface area contributed by atoms with Crippen molar-refractivity contribution in [3.8, 4) is 11.5 Å². The van der Waals surface area contributed by atoms with Crippen molar-refractivity contribution in [2.24, 2.45) is 0 Å². The Balaban J connectivity index is 1.53. The summed E-state index contributed by atoms with van der Waals surface area (Å²) in [5, 5.41) is 11.2. The van der Waals surface area contributed by atoms with E-state index >= 15 is 0 Å². The van der Waals surface area contributed by atoms with Crippen LogP contribution >= 0.6 is 11.6 Å². The van der Waals surface area contributed by atoms with Gasteiger partial charge in [-0.1, -0.05) is 16.7 Å². The molecule has 1 fully saturated rings. The molecular weight excluding hydrogens is 401 g/mol. The molecule has 28 heavy (non-hydrogen) atoms. The molecule has 1 N–H and O–H groups in total. The molecule has 0 aliphatic carbocycles. The summed E-state index contributed by atoms with van der Waals surface area (Å²) >= 11 is 5.84. The Morgan fingerprint density at radius 2 is 2.11 bits per heavy atom. The van der Waals surface area contributed by atoms with E-state index in [1.807, 2.05) is 0 Å². The second-order valence-electron chi connectivity index (χ2n) is 6.41. The number of benzene rings is 1. The molecule has 7 nitrogen and oxygen atoms in total. The number of hydrogen-bond acceptors (Lipinski definition) is 6. The van der Waals surface area contributed by atoms with Crippen molar-refractivity contribution in [2.75, 3.05) is 25.0 Å². The van der Waals surface area contributed by atoms with Crippen molar-refractivity contribution in [3.63, 3.8) is 0 Å². The number of nitrogens with zero attached hydrogens (tertiary/aromatic N) is 3. The third kappa shape index (κ3) is 5.35. The molecule has 1 aliphatic heterocycles. The summed E-state index contributed by atoms with van der Waals surface area (Å²) < 4.78 is 47.0. The van der Waals surface area contributed by atoms with E-state index in [1.165, 1.54) is 4.90 Å². The van der Waals surface area contributed by atoms with E-state index in [-0.39, 0.29) is 24.4 Å². The van der Waals surface area contributed by atoms with Gasteiger partial charge in [0, 0.05) is 23.7 Å². The largest absolute Gasteiger partial charge is 0.411 e. The molecule has 152 valence electrons. The Hall–Kier alpha value is -2.33. The van der Waals surface area contributed by atoms with Gasteiger partial charge < -0.3 is 19.4 Å². The predicted octanol–water partition coefficient (Wildman–Crippen LogP) is 3.37. The number of ether oxygens (including phenoxy) is 1. The molecule has 1 saturated heterocycles. The molecule has 0 saturated carbocycles. The topological polar surface area (TPSA) is 80.5 Å². The predicted molar refractivity (Wildman–Crippen MR) is 94.8 cm³/mol. The van der Waals surface area contributed by atoms with E-state index < -0.39 is 24.9 Å². The highest BCUT2D eigenvalue weighted by molar-refractivity contribution is 6.30. The summed E-state index contributed by atoms with van der Waals surface area (Å²) in [4.78, 5) is 13.9. The number of aromatic nitrogens is 2. The molecule has 1 amide bonds. The summed E-state index contributed by atoms with van der Waals surface area (Å²) in [5.74, 6) is -0.0232. The Morgan fingerprint density at radius 3 is 2.79 bits per heavy atom. The summed E-state index contributed by atoms with van der Waals surface area (Å²) in [6.07, 6.45) is -4.65. The Kier molecular flexibility index (Phi) is 6.09. The van der Waals surface area contributed by atoms with Crippen LogP contribution in [0.15, 0.2) is 28.7 Å². The first-order valence-corrected chi connectivity index (χ1v) is 8.92. The van der Waals surface area contributed by atoms with Gasteiger partial charge in [-0.25, -0.2) is 0 Å². The van der Waals surface area contributed by atoms with Crippen molar-refractivity contribution in [1.82, 2.24) is 15.1 Å². The van der Waals surface area contributed by atoms with Crippen LogP contribution < -0.4 is 5.32 Å². The number of anilines is 1. The number of nitrogens with one attached hydrogen (secondary N) is 1. The Labute approximate surface area is 163 Å². The van der Waals surface area contributed by atoms with Gasteiger partial charge >= 0.3 is 12.2 Å². The highest BCUT2D eigenvalue weighted by Crippen LogP contribution is 2.23. The van der Waals surface area contributed by atoms with Gasteiger partial charge in [0.25, 0.3) is 0 Å². The van der Waals surface area contributed by atoms with E-state index in [9.17, 15) is 18.0 Å². The smallest absolute Gasteiger partial charge is 0.403 e. The molecule has 0 bridgehead atoms. The van der Waals surface area contributed by atoms with Gasteiger partial charge in [-0.15, -0.1) is 5.10 Å². The molecule has 2 aromatic rings. The van der Waals surface area contributed by atoms with Gasteiger partial charge in [0.2, 0.25) is 11.8 Å². The average molecular weight is 419 g/mol. The first-order chi connectivity index (χ1) is 13.2. The van der Waals surface area contributed by atoms with Gasteiger partial charge in [0.1, 0.15) is 12.6 Å². The molecule has 0 unspecified atom stereocenters. The van der Waals surface area contributed by atoms with Gasteiger partial charge in [0.05, 0.1) is 6.10 Å². The van der Waals surface area contributed by atoms with Crippen LogP contribution in [0.3, 0.4) is 0 Å². The number of alkyl halides is 3. The molecule has 1 aromatic carbocycles. The summed E-state index contributed by atoms with van der Waals surface area (Å²) in [6.45, 7) is 0.732. The van der Waals surface area contributed by atoms with E-state index in [0.29, 0.717) is 23.6 Å². The van der Waals surface area contributed by atoms with E-state index in [0.717, 1.165) is 0 Å². The SMILES string of the molecule is C[C@@H](Nc1nnc(-c2ccc(Cl)cc2)o1)C(=O)N1CC[C@H](OCC(F)(F)F)C1. The highest BCUT2D eigenvalue weighted by atomic mass is 35.5. The van der Waals surface area contributed by atoms with Crippen molar-refractivity contribution in [1.29, 1.82) is 0 Å². The maximum atomic E-state index is 12.5. The van der Waals surface area contributed by atoms with Crippen LogP contribution in [0.1, 0.15) is 13.3 Å². The Bertz CT molecular complexity index is 813. The monoisotopic (exact) mass is 418 g/mol. The van der Waals surface area contributed by atoms with Crippen LogP contribution in [-0.2, 0) is 9.53 Å². The molecule has 2 heterocycles. The molecule has 2 atom stereocenters. The number of likely N-dealkylation sites (tertiary alicyclic amines) is 1. The third-order valence-corrected chi connectivity index (χ3v) is 4.42. The van der Waals surface area contributed by atoms with E-state index in [4.69, 9.17) is 20.8 Å². The summed E-state index contributed by atoms with van der Waals surface area (Å²) in [5.41, 5.74) is 0.674. The van der Waals surface area contributed by atoms with Gasteiger partial charge in [-0.05, 0) is 37.6 Å². The third-order valence-electron chi connectivity index (χ3n) is 4.17. The fraction of sp³-hybridized carbons (Fsp3) is 0.471. The van der Waals surface area contributed by atoms with Crippen LogP contribution in [0.4, 0.5) is 19.2 Å². The molecule has 0 spiro atoms. The summed E-state index contributed by atoms with van der Waals surface area (Å²) in [6, 6.07) is 6.18. The summed E-state index contributed by atoms with van der Waals surface area (Å²) in [7, 11) is 0. The molecule has 11 heteroatoms. The number of amides is 1. The van der Waals surface area contributed by atoms with Crippen LogP contribution in [0.2, 0.25) is 5.02 Å². The zero-order valence-electron chi connectivity index (χ0n) is 14.9. The number of halogens is 4. The lowest BCUT2D eigenvalue weighted by Gasteiger charge is -2.21. The lowest BCUT2D eigenvalue weighted by molar-refractivity contribution is -0.183. The van der Waals surface area contributed by atoms with Crippen molar-refractivity contribution in [3.05, 3.63) is 29.3 Å². The van der Waals surface area contributed by atoms with Crippen LogP contribution in [0, 0.1) is 0 Å². The Morgan fingerprint density at radius 1 is 1.39 bits per heavy atom. The van der Waals surface area contributed by atoms with Crippen LogP contribution in [-0.4, -0.2) is 59.0 Å². The van der Waals surface area contributed by atoms with E-state index in [2.05, 4.69) is 15.5 Å². The van der Waals surface area contributed by atoms with E-state index in [1.54, 1.807) is 31.2 Å².